The third-order valence-corrected chi connectivity index (χ3v) is 1.78. The highest BCUT2D eigenvalue weighted by atomic mass is 16.1. The van der Waals surface area contributed by atoms with E-state index >= 15 is 0 Å². The van der Waals surface area contributed by atoms with Crippen LogP contribution >= 0.6 is 0 Å². The first-order valence-electron chi connectivity index (χ1n) is 4.38. The first kappa shape index (κ1) is 10.3. The van der Waals surface area contributed by atoms with Gasteiger partial charge in [-0.1, -0.05) is 36.9 Å². The van der Waals surface area contributed by atoms with Gasteiger partial charge < -0.3 is 5.73 Å². The van der Waals surface area contributed by atoms with E-state index in [1.54, 1.807) is 0 Å². The molecule has 2 N–H and O–H groups in total. The van der Waals surface area contributed by atoms with Crippen LogP contribution < -0.4 is 5.73 Å². The molecule has 0 bridgehead atoms. The Hall–Kier alpha value is -1.83. The zero-order valence-corrected chi connectivity index (χ0v) is 7.94. The van der Waals surface area contributed by atoms with E-state index in [0.29, 0.717) is 12.1 Å². The van der Waals surface area contributed by atoms with Crippen LogP contribution in [0.3, 0.4) is 0 Å². The standard InChI is InChI=1S/C12H13NO/c1-2-12(14)9-11(13)8-10-6-4-3-5-7-10/h2-7,9H,1,8,13H2. The molecule has 0 aliphatic rings. The van der Waals surface area contributed by atoms with Gasteiger partial charge in [0.05, 0.1) is 0 Å². The zero-order valence-electron chi connectivity index (χ0n) is 7.94. The molecule has 0 atom stereocenters. The molecule has 72 valence electrons. The van der Waals surface area contributed by atoms with E-state index in [2.05, 4.69) is 6.58 Å². The molecule has 1 rings (SSSR count). The van der Waals surface area contributed by atoms with Crippen LogP contribution in [0.4, 0.5) is 0 Å². The van der Waals surface area contributed by atoms with Crippen LogP contribution in [-0.2, 0) is 11.2 Å². The second kappa shape index (κ2) is 5.02. The molecule has 0 spiro atoms. The quantitative estimate of drug-likeness (QED) is 0.731. The lowest BCUT2D eigenvalue weighted by Gasteiger charge is -2.00. The summed E-state index contributed by atoms with van der Waals surface area (Å²) in [5.74, 6) is -0.154. The van der Waals surface area contributed by atoms with Gasteiger partial charge in [-0.2, -0.15) is 0 Å². The van der Waals surface area contributed by atoms with E-state index in [1.165, 1.54) is 12.2 Å². The summed E-state index contributed by atoms with van der Waals surface area (Å²) >= 11 is 0. The molecule has 0 fully saturated rings. The van der Waals surface area contributed by atoms with Crippen LogP contribution in [0.25, 0.3) is 0 Å². The predicted molar refractivity (Wildman–Crippen MR) is 57.6 cm³/mol. The molecule has 0 saturated heterocycles. The SMILES string of the molecule is C=CC(=O)C=C(N)Cc1ccccc1. The Morgan fingerprint density at radius 1 is 1.36 bits per heavy atom. The van der Waals surface area contributed by atoms with Crippen molar-refractivity contribution in [2.75, 3.05) is 0 Å². The van der Waals surface area contributed by atoms with E-state index in [1.807, 2.05) is 30.3 Å². The van der Waals surface area contributed by atoms with Crippen molar-refractivity contribution in [1.29, 1.82) is 0 Å². The van der Waals surface area contributed by atoms with Gasteiger partial charge in [0.25, 0.3) is 0 Å². The fourth-order valence-corrected chi connectivity index (χ4v) is 1.12. The lowest BCUT2D eigenvalue weighted by molar-refractivity contribution is -0.110. The van der Waals surface area contributed by atoms with Gasteiger partial charge in [-0.25, -0.2) is 0 Å². The Labute approximate surface area is 83.7 Å². The summed E-state index contributed by atoms with van der Waals surface area (Å²) in [6, 6.07) is 9.77. The van der Waals surface area contributed by atoms with Gasteiger partial charge in [0.15, 0.2) is 5.78 Å². The molecule has 0 saturated carbocycles. The summed E-state index contributed by atoms with van der Waals surface area (Å²) in [6.07, 6.45) is 3.25. The third-order valence-electron chi connectivity index (χ3n) is 1.78. The van der Waals surface area contributed by atoms with E-state index in [0.717, 1.165) is 5.56 Å². The van der Waals surface area contributed by atoms with Crippen molar-refractivity contribution in [2.45, 2.75) is 6.42 Å². The first-order chi connectivity index (χ1) is 6.72. The van der Waals surface area contributed by atoms with Crippen LogP contribution in [0.2, 0.25) is 0 Å². The van der Waals surface area contributed by atoms with Crippen LogP contribution in [-0.4, -0.2) is 5.78 Å². The smallest absolute Gasteiger partial charge is 0.179 e. The van der Waals surface area contributed by atoms with Crippen molar-refractivity contribution >= 4 is 5.78 Å². The maximum atomic E-state index is 10.9. The number of hydrogen-bond donors (Lipinski definition) is 1. The Balaban J connectivity index is 2.66. The summed E-state index contributed by atoms with van der Waals surface area (Å²) in [5, 5.41) is 0. The molecule has 0 radical (unpaired) electrons. The number of ketones is 1. The molecule has 0 aliphatic heterocycles. The highest BCUT2D eigenvalue weighted by Gasteiger charge is 1.96. The molecule has 2 heteroatoms. The fourth-order valence-electron chi connectivity index (χ4n) is 1.12. The maximum absolute atomic E-state index is 10.9. The zero-order chi connectivity index (χ0) is 10.4. The van der Waals surface area contributed by atoms with Gasteiger partial charge in [-0.3, -0.25) is 4.79 Å². The molecule has 1 aromatic rings. The number of allylic oxidation sites excluding steroid dienone is 3. The van der Waals surface area contributed by atoms with Crippen molar-refractivity contribution in [3.05, 3.63) is 60.3 Å². The molecule has 0 heterocycles. The Morgan fingerprint density at radius 2 is 2.00 bits per heavy atom. The van der Waals surface area contributed by atoms with Gasteiger partial charge in [0.1, 0.15) is 0 Å². The Kier molecular flexibility index (Phi) is 3.68. The highest BCUT2D eigenvalue weighted by Crippen LogP contribution is 2.03. The minimum absolute atomic E-state index is 0.154. The van der Waals surface area contributed by atoms with E-state index in [-0.39, 0.29) is 5.78 Å². The van der Waals surface area contributed by atoms with Crippen molar-refractivity contribution in [3.8, 4) is 0 Å². The van der Waals surface area contributed by atoms with Crippen molar-refractivity contribution < 1.29 is 4.79 Å². The second-order valence-electron chi connectivity index (χ2n) is 2.99. The molecular formula is C12H13NO. The van der Waals surface area contributed by atoms with Gasteiger partial charge in [-0.15, -0.1) is 0 Å². The average molecular weight is 187 g/mol. The molecule has 14 heavy (non-hydrogen) atoms. The number of rotatable bonds is 4. The maximum Gasteiger partial charge on any atom is 0.179 e. The lowest BCUT2D eigenvalue weighted by atomic mass is 10.1. The van der Waals surface area contributed by atoms with Gasteiger partial charge in [0, 0.05) is 18.2 Å². The summed E-state index contributed by atoms with van der Waals surface area (Å²) in [6.45, 7) is 3.37. The summed E-state index contributed by atoms with van der Waals surface area (Å²) in [5.41, 5.74) is 7.33. The van der Waals surface area contributed by atoms with Crippen molar-refractivity contribution in [3.63, 3.8) is 0 Å². The molecule has 2 nitrogen and oxygen atoms in total. The van der Waals surface area contributed by atoms with Crippen molar-refractivity contribution in [1.82, 2.24) is 0 Å². The average Bonchev–Trinajstić information content (AvgIpc) is 2.19. The van der Waals surface area contributed by atoms with E-state index in [4.69, 9.17) is 5.73 Å². The van der Waals surface area contributed by atoms with Crippen molar-refractivity contribution in [2.24, 2.45) is 5.73 Å². The molecular weight excluding hydrogens is 174 g/mol. The minimum Gasteiger partial charge on any atom is -0.402 e. The third kappa shape index (κ3) is 3.27. The molecule has 0 unspecified atom stereocenters. The highest BCUT2D eigenvalue weighted by molar-refractivity contribution is 5.99. The Morgan fingerprint density at radius 3 is 2.57 bits per heavy atom. The van der Waals surface area contributed by atoms with E-state index < -0.39 is 0 Å². The van der Waals surface area contributed by atoms with Gasteiger partial charge in [0.2, 0.25) is 0 Å². The van der Waals surface area contributed by atoms with Crippen LogP contribution in [0, 0.1) is 0 Å². The number of nitrogens with two attached hydrogens (primary N) is 1. The Bertz CT molecular complexity index is 352. The summed E-state index contributed by atoms with van der Waals surface area (Å²) in [4.78, 5) is 10.9. The number of carbonyl (C=O) groups excluding carboxylic acids is 1. The van der Waals surface area contributed by atoms with Gasteiger partial charge in [-0.05, 0) is 11.6 Å². The van der Waals surface area contributed by atoms with E-state index in [9.17, 15) is 4.79 Å². The number of benzene rings is 1. The topological polar surface area (TPSA) is 43.1 Å². The van der Waals surface area contributed by atoms with Crippen LogP contribution in [0.5, 0.6) is 0 Å². The second-order valence-corrected chi connectivity index (χ2v) is 2.99. The van der Waals surface area contributed by atoms with Crippen LogP contribution in [0.15, 0.2) is 54.8 Å². The minimum atomic E-state index is -0.154. The predicted octanol–water partition coefficient (Wildman–Crippen LogP) is 1.83. The molecule has 0 aliphatic carbocycles. The summed E-state index contributed by atoms with van der Waals surface area (Å²) < 4.78 is 0. The largest absolute Gasteiger partial charge is 0.402 e. The molecule has 0 aromatic heterocycles. The van der Waals surface area contributed by atoms with Gasteiger partial charge >= 0.3 is 0 Å². The molecule has 0 amide bonds. The van der Waals surface area contributed by atoms with Crippen LogP contribution in [0.1, 0.15) is 5.56 Å². The normalized spacial score (nSPS) is 11.0. The number of hydrogen-bond acceptors (Lipinski definition) is 2. The first-order valence-corrected chi connectivity index (χ1v) is 4.38. The monoisotopic (exact) mass is 187 g/mol. The molecule has 1 aromatic carbocycles. The fraction of sp³-hybridized carbons (Fsp3) is 0.0833. The lowest BCUT2D eigenvalue weighted by Crippen LogP contribution is -2.03. The number of carbonyl (C=O) groups is 1. The summed E-state index contributed by atoms with van der Waals surface area (Å²) in [7, 11) is 0.